The lowest BCUT2D eigenvalue weighted by molar-refractivity contribution is 0.0985. The minimum Gasteiger partial charge on any atom is -0.507 e. The highest BCUT2D eigenvalue weighted by molar-refractivity contribution is 6.31. The van der Waals surface area contributed by atoms with Crippen molar-refractivity contribution in [3.05, 3.63) is 58.9 Å². The molecule has 5 heteroatoms. The Kier molecular flexibility index (Phi) is 4.25. The van der Waals surface area contributed by atoms with Crippen molar-refractivity contribution < 1.29 is 14.3 Å². The van der Waals surface area contributed by atoms with Gasteiger partial charge in [0, 0.05) is 17.3 Å². The maximum atomic E-state index is 12.9. The predicted molar refractivity (Wildman–Crippen MR) is 76.9 cm³/mol. The van der Waals surface area contributed by atoms with Crippen LogP contribution in [-0.2, 0) is 0 Å². The third-order valence-corrected chi connectivity index (χ3v) is 3.12. The van der Waals surface area contributed by atoms with Gasteiger partial charge in [-0.25, -0.2) is 4.39 Å². The number of rotatable bonds is 3. The van der Waals surface area contributed by atoms with E-state index in [1.54, 1.807) is 6.92 Å². The summed E-state index contributed by atoms with van der Waals surface area (Å²) < 4.78 is 12.9. The first-order valence-electron chi connectivity index (χ1n) is 6.09. The van der Waals surface area contributed by atoms with Gasteiger partial charge in [0.1, 0.15) is 11.6 Å². The van der Waals surface area contributed by atoms with Gasteiger partial charge in [-0.1, -0.05) is 11.6 Å². The van der Waals surface area contributed by atoms with Crippen LogP contribution >= 0.6 is 11.6 Å². The van der Waals surface area contributed by atoms with Crippen molar-refractivity contribution >= 4 is 23.2 Å². The molecule has 0 aliphatic rings. The first-order valence-corrected chi connectivity index (χ1v) is 6.46. The zero-order valence-electron chi connectivity index (χ0n) is 10.8. The van der Waals surface area contributed by atoms with Crippen LogP contribution in [0.2, 0.25) is 5.02 Å². The maximum Gasteiger partial charge on any atom is 0.262 e. The Labute approximate surface area is 121 Å². The minimum atomic E-state index is -0.390. The summed E-state index contributed by atoms with van der Waals surface area (Å²) in [5.41, 5.74) is 0.668. The fourth-order valence-corrected chi connectivity index (χ4v) is 2.06. The van der Waals surface area contributed by atoms with Gasteiger partial charge in [0.25, 0.3) is 5.91 Å². The Balaban J connectivity index is 2.38. The number of aromatic hydroxyl groups is 1. The molecule has 0 saturated carbocycles. The lowest BCUT2D eigenvalue weighted by Gasteiger charge is -2.21. The number of amides is 1. The highest BCUT2D eigenvalue weighted by Gasteiger charge is 2.19. The highest BCUT2D eigenvalue weighted by atomic mass is 35.5. The molecule has 0 bridgehead atoms. The summed E-state index contributed by atoms with van der Waals surface area (Å²) in [6, 6.07) is 9.87. The summed E-state index contributed by atoms with van der Waals surface area (Å²) in [6.07, 6.45) is 0. The fourth-order valence-electron chi connectivity index (χ4n) is 1.89. The van der Waals surface area contributed by atoms with Crippen LogP contribution in [0.15, 0.2) is 42.5 Å². The number of benzene rings is 2. The van der Waals surface area contributed by atoms with E-state index in [-0.39, 0.29) is 23.0 Å². The van der Waals surface area contributed by atoms with Crippen LogP contribution in [-0.4, -0.2) is 17.6 Å². The number of hydrogen-bond donors (Lipinski definition) is 1. The largest absolute Gasteiger partial charge is 0.507 e. The molecule has 0 atom stereocenters. The quantitative estimate of drug-likeness (QED) is 0.934. The van der Waals surface area contributed by atoms with E-state index >= 15 is 0 Å². The van der Waals surface area contributed by atoms with Crippen molar-refractivity contribution in [1.29, 1.82) is 0 Å². The van der Waals surface area contributed by atoms with Gasteiger partial charge < -0.3 is 10.0 Å². The number of anilines is 1. The average Bonchev–Trinajstić information content (AvgIpc) is 2.44. The Morgan fingerprint density at radius 3 is 2.50 bits per heavy atom. The molecular formula is C15H13ClFNO2. The third-order valence-electron chi connectivity index (χ3n) is 2.89. The molecule has 0 saturated heterocycles. The Morgan fingerprint density at radius 1 is 1.25 bits per heavy atom. The molecule has 0 radical (unpaired) electrons. The number of phenols is 1. The molecule has 0 unspecified atom stereocenters. The number of halogens is 2. The van der Waals surface area contributed by atoms with Crippen LogP contribution in [0.1, 0.15) is 17.3 Å². The summed E-state index contributed by atoms with van der Waals surface area (Å²) in [5.74, 6) is -0.901. The predicted octanol–water partition coefficient (Wildman–Crippen LogP) is 3.85. The minimum absolute atomic E-state index is 0.115. The molecule has 0 aliphatic heterocycles. The average molecular weight is 294 g/mol. The molecule has 2 rings (SSSR count). The molecular weight excluding hydrogens is 281 g/mol. The number of hydrogen-bond acceptors (Lipinski definition) is 2. The van der Waals surface area contributed by atoms with Gasteiger partial charge in [-0.3, -0.25) is 4.79 Å². The standard InChI is InChI=1S/C15H13ClFNO2/c1-2-18(12-6-4-11(17)5-7-12)15(20)13-9-10(16)3-8-14(13)19/h3-9,19H,2H2,1H3. The number of nitrogens with zero attached hydrogens (tertiary/aromatic N) is 1. The molecule has 0 spiro atoms. The molecule has 20 heavy (non-hydrogen) atoms. The first-order chi connectivity index (χ1) is 9.52. The lowest BCUT2D eigenvalue weighted by Crippen LogP contribution is -2.30. The molecule has 3 nitrogen and oxygen atoms in total. The number of phenolic OH excluding ortho intramolecular Hbond substituents is 1. The first kappa shape index (κ1) is 14.3. The summed E-state index contributed by atoms with van der Waals surface area (Å²) in [7, 11) is 0. The zero-order chi connectivity index (χ0) is 14.7. The van der Waals surface area contributed by atoms with E-state index in [1.807, 2.05) is 0 Å². The van der Waals surface area contributed by atoms with Crippen molar-refractivity contribution in [1.82, 2.24) is 0 Å². The van der Waals surface area contributed by atoms with Crippen LogP contribution in [0.3, 0.4) is 0 Å². The molecule has 104 valence electrons. The molecule has 2 aromatic carbocycles. The third kappa shape index (κ3) is 2.91. The zero-order valence-corrected chi connectivity index (χ0v) is 11.6. The second-order valence-corrected chi connectivity index (χ2v) is 4.62. The fraction of sp³-hybridized carbons (Fsp3) is 0.133. The van der Waals surface area contributed by atoms with Gasteiger partial charge in [-0.2, -0.15) is 0 Å². The van der Waals surface area contributed by atoms with E-state index in [0.717, 1.165) is 0 Å². The van der Waals surface area contributed by atoms with Crippen molar-refractivity contribution in [2.24, 2.45) is 0 Å². The molecule has 0 aliphatic carbocycles. The molecule has 0 heterocycles. The van der Waals surface area contributed by atoms with Crippen LogP contribution in [0, 0.1) is 5.82 Å². The van der Waals surface area contributed by atoms with E-state index in [0.29, 0.717) is 17.3 Å². The van der Waals surface area contributed by atoms with E-state index in [2.05, 4.69) is 0 Å². The van der Waals surface area contributed by atoms with Gasteiger partial charge >= 0.3 is 0 Å². The number of carbonyl (C=O) groups is 1. The Bertz CT molecular complexity index is 628. The summed E-state index contributed by atoms with van der Waals surface area (Å²) >= 11 is 5.84. The van der Waals surface area contributed by atoms with Crippen molar-refractivity contribution in [3.63, 3.8) is 0 Å². The van der Waals surface area contributed by atoms with Gasteiger partial charge in [0.05, 0.1) is 5.56 Å². The van der Waals surface area contributed by atoms with Crippen molar-refractivity contribution in [2.75, 3.05) is 11.4 Å². The van der Waals surface area contributed by atoms with E-state index in [4.69, 9.17) is 11.6 Å². The summed E-state index contributed by atoms with van der Waals surface area (Å²) in [5, 5.41) is 10.1. The second-order valence-electron chi connectivity index (χ2n) is 4.19. The van der Waals surface area contributed by atoms with Gasteiger partial charge in [0.2, 0.25) is 0 Å². The van der Waals surface area contributed by atoms with Crippen LogP contribution < -0.4 is 4.90 Å². The molecule has 1 amide bonds. The van der Waals surface area contributed by atoms with E-state index in [1.165, 1.54) is 47.4 Å². The van der Waals surface area contributed by atoms with E-state index < -0.39 is 0 Å². The monoisotopic (exact) mass is 293 g/mol. The van der Waals surface area contributed by atoms with Gasteiger partial charge in [0.15, 0.2) is 0 Å². The molecule has 0 aromatic heterocycles. The van der Waals surface area contributed by atoms with Crippen LogP contribution in [0.4, 0.5) is 10.1 Å². The summed E-state index contributed by atoms with van der Waals surface area (Å²) in [4.78, 5) is 13.9. The van der Waals surface area contributed by atoms with Crippen LogP contribution in [0.5, 0.6) is 5.75 Å². The molecule has 1 N–H and O–H groups in total. The SMILES string of the molecule is CCN(C(=O)c1cc(Cl)ccc1O)c1ccc(F)cc1. The lowest BCUT2D eigenvalue weighted by atomic mass is 10.1. The van der Waals surface area contributed by atoms with Crippen molar-refractivity contribution in [3.8, 4) is 5.75 Å². The number of carbonyl (C=O) groups excluding carboxylic acids is 1. The normalized spacial score (nSPS) is 10.3. The molecule has 2 aromatic rings. The second kappa shape index (κ2) is 5.92. The van der Waals surface area contributed by atoms with Gasteiger partial charge in [-0.05, 0) is 49.4 Å². The smallest absolute Gasteiger partial charge is 0.262 e. The van der Waals surface area contributed by atoms with Crippen LogP contribution in [0.25, 0.3) is 0 Å². The maximum absolute atomic E-state index is 12.9. The highest BCUT2D eigenvalue weighted by Crippen LogP contribution is 2.25. The topological polar surface area (TPSA) is 40.5 Å². The summed E-state index contributed by atoms with van der Waals surface area (Å²) in [6.45, 7) is 2.18. The Hall–Kier alpha value is -2.07. The van der Waals surface area contributed by atoms with E-state index in [9.17, 15) is 14.3 Å². The van der Waals surface area contributed by atoms with Crippen molar-refractivity contribution in [2.45, 2.75) is 6.92 Å². The Morgan fingerprint density at radius 2 is 1.90 bits per heavy atom. The molecule has 0 fully saturated rings. The van der Waals surface area contributed by atoms with Gasteiger partial charge in [-0.15, -0.1) is 0 Å².